The maximum atomic E-state index is 10.9. The zero-order chi connectivity index (χ0) is 13.8. The van der Waals surface area contributed by atoms with E-state index in [2.05, 4.69) is 15.3 Å². The number of hydrogen-bond acceptors (Lipinski definition) is 5. The minimum absolute atomic E-state index is 0.161. The molecule has 0 atom stereocenters. The van der Waals surface area contributed by atoms with E-state index in [1.165, 1.54) is 13.1 Å². The summed E-state index contributed by atoms with van der Waals surface area (Å²) in [5.74, 6) is -0.401. The first-order chi connectivity index (χ1) is 9.04. The molecular weight excluding hydrogens is 286 g/mol. The maximum absolute atomic E-state index is 10.9. The number of hydrogen-bond donors (Lipinski definition) is 2. The van der Waals surface area contributed by atoms with E-state index in [0.29, 0.717) is 20.7 Å². The highest BCUT2D eigenvalue weighted by Gasteiger charge is 2.08. The average Bonchev–Trinajstić information content (AvgIpc) is 2.68. The third-order valence-electron chi connectivity index (χ3n) is 2.07. The molecule has 1 aromatic heterocycles. The molecule has 0 fully saturated rings. The molecule has 2 aromatic rings. The number of carbonyl (C=O) groups excluding carboxylic acids is 1. The Labute approximate surface area is 118 Å². The number of thiazole rings is 1. The molecule has 1 heterocycles. The number of halogens is 1. The quantitative estimate of drug-likeness (QED) is 0.854. The highest BCUT2D eigenvalue weighted by atomic mass is 35.5. The number of nitrogens with zero attached hydrogens (tertiary/aromatic N) is 2. The molecule has 2 N–H and O–H groups in total. The third kappa shape index (κ3) is 3.77. The van der Waals surface area contributed by atoms with Crippen molar-refractivity contribution in [2.45, 2.75) is 6.92 Å². The summed E-state index contributed by atoms with van der Waals surface area (Å²) in [7, 11) is 0. The first-order valence-electron chi connectivity index (χ1n) is 5.31. The van der Waals surface area contributed by atoms with Crippen molar-refractivity contribution in [1.82, 2.24) is 4.98 Å². The lowest BCUT2D eigenvalue weighted by Crippen LogP contribution is -2.04. The second-order valence-corrected chi connectivity index (χ2v) is 5.09. The number of rotatable bonds is 3. The molecule has 0 spiro atoms. The van der Waals surface area contributed by atoms with Crippen LogP contribution >= 0.6 is 22.9 Å². The number of carbonyl (C=O) groups is 1. The molecule has 0 aliphatic carbocycles. The molecule has 2 rings (SSSR count). The lowest BCUT2D eigenvalue weighted by Gasteiger charge is -1.92. The maximum Gasteiger partial charge on any atom is 0.233 e. The van der Waals surface area contributed by atoms with Crippen LogP contribution in [-0.4, -0.2) is 22.2 Å². The van der Waals surface area contributed by atoms with Gasteiger partial charge in [0.05, 0.1) is 11.9 Å². The van der Waals surface area contributed by atoms with Gasteiger partial charge >= 0.3 is 0 Å². The smallest absolute Gasteiger partial charge is 0.233 e. The van der Waals surface area contributed by atoms with E-state index in [-0.39, 0.29) is 11.8 Å². The Hall–Kier alpha value is -1.92. The van der Waals surface area contributed by atoms with Crippen molar-refractivity contribution in [2.75, 3.05) is 5.32 Å². The monoisotopic (exact) mass is 295 g/mol. The number of anilines is 1. The van der Waals surface area contributed by atoms with Crippen LogP contribution in [0.5, 0.6) is 5.88 Å². The number of benzene rings is 1. The summed E-state index contributed by atoms with van der Waals surface area (Å²) in [5, 5.41) is 13.1. The summed E-state index contributed by atoms with van der Waals surface area (Å²) in [5.41, 5.74) is 0.707. The normalized spacial score (nSPS) is 10.8. The molecule has 7 heteroatoms. The van der Waals surface area contributed by atoms with Crippen LogP contribution in [0.3, 0.4) is 0 Å². The molecule has 1 aromatic carbocycles. The van der Waals surface area contributed by atoms with Gasteiger partial charge in [-0.05, 0) is 24.3 Å². The van der Waals surface area contributed by atoms with Gasteiger partial charge in [-0.1, -0.05) is 22.9 Å². The lowest BCUT2D eigenvalue weighted by molar-refractivity contribution is -0.114. The molecule has 19 heavy (non-hydrogen) atoms. The van der Waals surface area contributed by atoms with Crippen molar-refractivity contribution in [3.05, 3.63) is 34.2 Å². The van der Waals surface area contributed by atoms with Crippen LogP contribution in [0.4, 0.5) is 10.8 Å². The van der Waals surface area contributed by atoms with Gasteiger partial charge in [0.25, 0.3) is 0 Å². The van der Waals surface area contributed by atoms with Gasteiger partial charge in [0.1, 0.15) is 4.88 Å². The number of aliphatic imine (C=N–C) groups is 1. The van der Waals surface area contributed by atoms with Gasteiger partial charge in [0, 0.05) is 11.9 Å². The van der Waals surface area contributed by atoms with Gasteiger partial charge < -0.3 is 10.4 Å². The van der Waals surface area contributed by atoms with Crippen molar-refractivity contribution in [3.63, 3.8) is 0 Å². The zero-order valence-electron chi connectivity index (χ0n) is 9.92. The topological polar surface area (TPSA) is 74.6 Å². The van der Waals surface area contributed by atoms with Gasteiger partial charge in [-0.15, -0.1) is 0 Å². The van der Waals surface area contributed by atoms with Crippen LogP contribution in [0, 0.1) is 0 Å². The Morgan fingerprint density at radius 2 is 2.16 bits per heavy atom. The van der Waals surface area contributed by atoms with Crippen molar-refractivity contribution in [2.24, 2.45) is 4.99 Å². The molecule has 5 nitrogen and oxygen atoms in total. The summed E-state index contributed by atoms with van der Waals surface area (Å²) < 4.78 is 0. The summed E-state index contributed by atoms with van der Waals surface area (Å²) in [6, 6.07) is 6.96. The van der Waals surface area contributed by atoms with Crippen molar-refractivity contribution < 1.29 is 9.90 Å². The SMILES string of the molecule is CC(=O)Nc1nc(O)c(C=Nc2ccc(Cl)cc2)s1. The molecule has 0 aliphatic heterocycles. The fraction of sp³-hybridized carbons (Fsp3) is 0.0833. The molecule has 0 saturated heterocycles. The van der Waals surface area contributed by atoms with Crippen LogP contribution in [0.25, 0.3) is 0 Å². The van der Waals surface area contributed by atoms with E-state index >= 15 is 0 Å². The second-order valence-electron chi connectivity index (χ2n) is 3.62. The number of aromatic nitrogens is 1. The number of amides is 1. The Bertz CT molecular complexity index is 622. The van der Waals surface area contributed by atoms with Gasteiger partial charge in [0.2, 0.25) is 11.8 Å². The minimum atomic E-state index is -0.241. The highest BCUT2D eigenvalue weighted by molar-refractivity contribution is 7.17. The zero-order valence-corrected chi connectivity index (χ0v) is 11.5. The van der Waals surface area contributed by atoms with Gasteiger partial charge in [-0.3, -0.25) is 9.79 Å². The Morgan fingerprint density at radius 1 is 1.47 bits per heavy atom. The molecule has 0 unspecified atom stereocenters. The number of nitrogens with one attached hydrogen (secondary N) is 1. The van der Waals surface area contributed by atoms with E-state index in [0.717, 1.165) is 11.3 Å². The second kappa shape index (κ2) is 5.81. The van der Waals surface area contributed by atoms with E-state index in [9.17, 15) is 9.90 Å². The lowest BCUT2D eigenvalue weighted by atomic mass is 10.3. The Kier molecular flexibility index (Phi) is 4.13. The van der Waals surface area contributed by atoms with Crippen LogP contribution in [0.1, 0.15) is 11.8 Å². The predicted octanol–water partition coefficient (Wildman–Crippen LogP) is 3.21. The first-order valence-corrected chi connectivity index (χ1v) is 6.51. The van der Waals surface area contributed by atoms with E-state index in [4.69, 9.17) is 11.6 Å². The van der Waals surface area contributed by atoms with Crippen molar-refractivity contribution in [1.29, 1.82) is 0 Å². The Morgan fingerprint density at radius 3 is 2.79 bits per heavy atom. The van der Waals surface area contributed by atoms with E-state index in [1.807, 2.05) is 0 Å². The molecular formula is C12H10ClN3O2S. The van der Waals surface area contributed by atoms with Crippen LogP contribution in [0.2, 0.25) is 5.02 Å². The van der Waals surface area contributed by atoms with Gasteiger partial charge in [-0.2, -0.15) is 4.98 Å². The minimum Gasteiger partial charge on any atom is -0.492 e. The molecule has 0 saturated carbocycles. The molecule has 0 aliphatic rings. The summed E-state index contributed by atoms with van der Waals surface area (Å²) in [4.78, 5) is 19.3. The standard InChI is InChI=1S/C12H10ClN3O2S/c1-7(17)15-12-16-11(18)10(19-12)6-14-9-4-2-8(13)3-5-9/h2-6,18H,1H3,(H,15,16,17). The van der Waals surface area contributed by atoms with E-state index < -0.39 is 0 Å². The average molecular weight is 296 g/mol. The largest absolute Gasteiger partial charge is 0.492 e. The van der Waals surface area contributed by atoms with E-state index in [1.54, 1.807) is 24.3 Å². The molecule has 0 radical (unpaired) electrons. The predicted molar refractivity (Wildman–Crippen MR) is 76.8 cm³/mol. The highest BCUT2D eigenvalue weighted by Crippen LogP contribution is 2.27. The fourth-order valence-electron chi connectivity index (χ4n) is 1.27. The molecule has 0 bridgehead atoms. The first kappa shape index (κ1) is 13.5. The van der Waals surface area contributed by atoms with Crippen molar-refractivity contribution >= 4 is 45.9 Å². The van der Waals surface area contributed by atoms with Gasteiger partial charge in [0.15, 0.2) is 5.13 Å². The fourth-order valence-corrected chi connectivity index (χ4v) is 2.18. The third-order valence-corrected chi connectivity index (χ3v) is 3.22. The summed E-state index contributed by atoms with van der Waals surface area (Å²) in [6.45, 7) is 1.37. The summed E-state index contributed by atoms with van der Waals surface area (Å²) in [6.07, 6.45) is 1.49. The van der Waals surface area contributed by atoms with Crippen LogP contribution in [0.15, 0.2) is 29.3 Å². The van der Waals surface area contributed by atoms with Crippen LogP contribution in [-0.2, 0) is 4.79 Å². The van der Waals surface area contributed by atoms with Crippen molar-refractivity contribution in [3.8, 4) is 5.88 Å². The molecule has 98 valence electrons. The Balaban J connectivity index is 2.16. The van der Waals surface area contributed by atoms with Gasteiger partial charge in [-0.25, -0.2) is 0 Å². The number of aromatic hydroxyl groups is 1. The van der Waals surface area contributed by atoms with Crippen LogP contribution < -0.4 is 5.32 Å². The summed E-state index contributed by atoms with van der Waals surface area (Å²) >= 11 is 6.91. The molecule has 1 amide bonds.